The fourth-order valence-electron chi connectivity index (χ4n) is 2.86. The molecule has 0 saturated carbocycles. The number of para-hydroxylation sites is 1. The Morgan fingerprint density at radius 1 is 1.12 bits per heavy atom. The van der Waals surface area contributed by atoms with E-state index in [0.29, 0.717) is 21.8 Å². The van der Waals surface area contributed by atoms with Gasteiger partial charge in [0.2, 0.25) is 11.1 Å². The van der Waals surface area contributed by atoms with Gasteiger partial charge in [0.15, 0.2) is 16.6 Å². The van der Waals surface area contributed by atoms with Crippen molar-refractivity contribution < 1.29 is 14.3 Å². The molecule has 4 aromatic rings. The van der Waals surface area contributed by atoms with Crippen molar-refractivity contribution in [3.8, 4) is 28.4 Å². The molecule has 0 aliphatic carbocycles. The largest absolute Gasteiger partial charge is 0.493 e. The summed E-state index contributed by atoms with van der Waals surface area (Å²) < 4.78 is 12.2. The van der Waals surface area contributed by atoms with Gasteiger partial charge in [-0.1, -0.05) is 30.0 Å². The first kappa shape index (κ1) is 21.8. The third-order valence-corrected chi connectivity index (χ3v) is 6.30. The van der Waals surface area contributed by atoms with Crippen LogP contribution in [0.15, 0.2) is 59.1 Å². The second kappa shape index (κ2) is 9.79. The summed E-state index contributed by atoms with van der Waals surface area (Å²) in [5, 5.41) is 17.2. The molecule has 0 spiro atoms. The van der Waals surface area contributed by atoms with Gasteiger partial charge in [0, 0.05) is 10.9 Å². The second-order valence-electron chi connectivity index (χ2n) is 6.57. The summed E-state index contributed by atoms with van der Waals surface area (Å²) in [6, 6.07) is 15.1. The standard InChI is InChI=1S/C21H20N6O3S2/c1-13(32-21-24-25-26-27(21)15-7-5-4-6-8-15)19(28)23-20-22-16(12-31-20)14-9-10-17(29-2)18(11-14)30-3/h4-13H,1-3H3,(H,22,23,28). The molecular weight excluding hydrogens is 448 g/mol. The summed E-state index contributed by atoms with van der Waals surface area (Å²) in [5.41, 5.74) is 2.43. The molecule has 2 heterocycles. The number of nitrogens with one attached hydrogen (secondary N) is 1. The Balaban J connectivity index is 1.43. The quantitative estimate of drug-likeness (QED) is 0.388. The van der Waals surface area contributed by atoms with Crippen LogP contribution in [-0.2, 0) is 4.79 Å². The van der Waals surface area contributed by atoms with Gasteiger partial charge in [-0.25, -0.2) is 4.98 Å². The molecule has 0 saturated heterocycles. The number of thiazole rings is 1. The highest BCUT2D eigenvalue weighted by atomic mass is 32.2. The molecule has 1 unspecified atom stereocenters. The van der Waals surface area contributed by atoms with Crippen LogP contribution in [-0.4, -0.2) is 50.6 Å². The number of carbonyl (C=O) groups is 1. The first-order valence-electron chi connectivity index (χ1n) is 9.58. The van der Waals surface area contributed by atoms with E-state index in [-0.39, 0.29) is 5.91 Å². The van der Waals surface area contributed by atoms with Crippen LogP contribution in [0.3, 0.4) is 0 Å². The van der Waals surface area contributed by atoms with Crippen molar-refractivity contribution in [3.05, 3.63) is 53.9 Å². The Labute approximate surface area is 192 Å². The number of amides is 1. The summed E-state index contributed by atoms with van der Waals surface area (Å²) in [7, 11) is 3.17. The summed E-state index contributed by atoms with van der Waals surface area (Å²) in [6.45, 7) is 1.80. The molecule has 0 bridgehead atoms. The van der Waals surface area contributed by atoms with Crippen LogP contribution in [0.2, 0.25) is 0 Å². The molecule has 0 radical (unpaired) electrons. The number of aromatic nitrogens is 5. The number of carbonyl (C=O) groups excluding carboxylic acids is 1. The lowest BCUT2D eigenvalue weighted by Crippen LogP contribution is -2.22. The van der Waals surface area contributed by atoms with Crippen LogP contribution in [0.1, 0.15) is 6.92 Å². The zero-order chi connectivity index (χ0) is 22.5. The van der Waals surface area contributed by atoms with E-state index >= 15 is 0 Å². The minimum absolute atomic E-state index is 0.189. The summed E-state index contributed by atoms with van der Waals surface area (Å²) in [4.78, 5) is 17.3. The predicted octanol–water partition coefficient (Wildman–Crippen LogP) is 3.92. The minimum atomic E-state index is -0.433. The first-order valence-corrected chi connectivity index (χ1v) is 11.3. The number of rotatable bonds is 8. The van der Waals surface area contributed by atoms with E-state index in [1.54, 1.807) is 25.8 Å². The zero-order valence-corrected chi connectivity index (χ0v) is 19.2. The average Bonchev–Trinajstić information content (AvgIpc) is 3.48. The Bertz CT molecular complexity index is 1210. The molecule has 164 valence electrons. The van der Waals surface area contributed by atoms with E-state index in [1.165, 1.54) is 23.1 Å². The molecule has 1 atom stereocenters. The highest BCUT2D eigenvalue weighted by Gasteiger charge is 2.20. The topological polar surface area (TPSA) is 104 Å². The van der Waals surface area contributed by atoms with Crippen molar-refractivity contribution >= 4 is 34.1 Å². The van der Waals surface area contributed by atoms with Crippen LogP contribution in [0, 0.1) is 0 Å². The summed E-state index contributed by atoms with van der Waals surface area (Å²) in [6.07, 6.45) is 0. The maximum atomic E-state index is 12.7. The molecule has 0 fully saturated rings. The summed E-state index contributed by atoms with van der Waals surface area (Å²) in [5.74, 6) is 1.07. The van der Waals surface area contributed by atoms with Crippen LogP contribution < -0.4 is 14.8 Å². The van der Waals surface area contributed by atoms with Gasteiger partial charge in [0.25, 0.3) is 0 Å². The molecule has 1 N–H and O–H groups in total. The van der Waals surface area contributed by atoms with Crippen molar-refractivity contribution in [1.29, 1.82) is 0 Å². The molecule has 4 rings (SSSR count). The zero-order valence-electron chi connectivity index (χ0n) is 17.6. The van der Waals surface area contributed by atoms with Gasteiger partial charge in [0.1, 0.15) is 0 Å². The Morgan fingerprint density at radius 3 is 2.66 bits per heavy atom. The van der Waals surface area contributed by atoms with Crippen molar-refractivity contribution in [2.45, 2.75) is 17.3 Å². The van der Waals surface area contributed by atoms with Gasteiger partial charge in [-0.3, -0.25) is 4.79 Å². The molecule has 1 amide bonds. The van der Waals surface area contributed by atoms with Crippen molar-refractivity contribution in [2.24, 2.45) is 0 Å². The van der Waals surface area contributed by atoms with E-state index in [1.807, 2.05) is 53.9 Å². The highest BCUT2D eigenvalue weighted by Crippen LogP contribution is 2.33. The molecule has 2 aromatic heterocycles. The van der Waals surface area contributed by atoms with Crippen LogP contribution in [0.25, 0.3) is 16.9 Å². The number of benzene rings is 2. The molecule has 11 heteroatoms. The third kappa shape index (κ3) is 4.73. The number of hydrogen-bond donors (Lipinski definition) is 1. The summed E-state index contributed by atoms with van der Waals surface area (Å²) >= 11 is 2.62. The molecule has 0 aliphatic rings. The monoisotopic (exact) mass is 468 g/mol. The number of hydrogen-bond acceptors (Lipinski definition) is 9. The van der Waals surface area contributed by atoms with E-state index in [0.717, 1.165) is 16.9 Å². The van der Waals surface area contributed by atoms with Gasteiger partial charge >= 0.3 is 0 Å². The number of thioether (sulfide) groups is 1. The van der Waals surface area contributed by atoms with Crippen LogP contribution in [0.4, 0.5) is 5.13 Å². The molecule has 2 aromatic carbocycles. The molecule has 32 heavy (non-hydrogen) atoms. The SMILES string of the molecule is COc1ccc(-c2csc(NC(=O)C(C)Sc3nnnn3-c3ccccc3)n2)cc1OC. The molecule has 9 nitrogen and oxygen atoms in total. The molecule has 0 aliphatic heterocycles. The van der Waals surface area contributed by atoms with E-state index in [2.05, 4.69) is 25.8 Å². The number of methoxy groups -OCH3 is 2. The maximum Gasteiger partial charge on any atom is 0.239 e. The number of ether oxygens (including phenoxy) is 2. The Hall–Kier alpha value is -3.44. The van der Waals surface area contributed by atoms with E-state index in [4.69, 9.17) is 9.47 Å². The fourth-order valence-corrected chi connectivity index (χ4v) is 4.39. The number of nitrogens with zero attached hydrogens (tertiary/aromatic N) is 5. The fraction of sp³-hybridized carbons (Fsp3) is 0.190. The van der Waals surface area contributed by atoms with Crippen molar-refractivity contribution in [2.75, 3.05) is 19.5 Å². The Morgan fingerprint density at radius 2 is 1.91 bits per heavy atom. The Kier molecular flexibility index (Phi) is 6.66. The second-order valence-corrected chi connectivity index (χ2v) is 8.73. The first-order chi connectivity index (χ1) is 15.6. The average molecular weight is 469 g/mol. The van der Waals surface area contributed by atoms with E-state index in [9.17, 15) is 4.79 Å². The lowest BCUT2D eigenvalue weighted by atomic mass is 10.1. The van der Waals surface area contributed by atoms with Gasteiger partial charge in [-0.05, 0) is 47.7 Å². The normalized spacial score (nSPS) is 11.7. The smallest absolute Gasteiger partial charge is 0.239 e. The van der Waals surface area contributed by atoms with Crippen molar-refractivity contribution in [1.82, 2.24) is 25.2 Å². The molecular formula is C21H20N6O3S2. The van der Waals surface area contributed by atoms with Crippen LogP contribution in [0.5, 0.6) is 11.5 Å². The van der Waals surface area contributed by atoms with Gasteiger partial charge in [-0.2, -0.15) is 4.68 Å². The third-order valence-electron chi connectivity index (χ3n) is 4.51. The van der Waals surface area contributed by atoms with Crippen molar-refractivity contribution in [3.63, 3.8) is 0 Å². The van der Waals surface area contributed by atoms with Gasteiger partial charge < -0.3 is 14.8 Å². The highest BCUT2D eigenvalue weighted by molar-refractivity contribution is 8.00. The number of tetrazole rings is 1. The number of anilines is 1. The van der Waals surface area contributed by atoms with Crippen LogP contribution >= 0.6 is 23.1 Å². The van der Waals surface area contributed by atoms with E-state index < -0.39 is 5.25 Å². The van der Waals surface area contributed by atoms with Gasteiger partial charge in [-0.15, -0.1) is 16.4 Å². The lowest BCUT2D eigenvalue weighted by Gasteiger charge is -2.10. The lowest BCUT2D eigenvalue weighted by molar-refractivity contribution is -0.115. The van der Waals surface area contributed by atoms with Gasteiger partial charge in [0.05, 0.1) is 30.9 Å². The maximum absolute atomic E-state index is 12.7. The predicted molar refractivity (Wildman–Crippen MR) is 124 cm³/mol. The minimum Gasteiger partial charge on any atom is -0.493 e.